The Hall–Kier alpha value is -1.70. The van der Waals surface area contributed by atoms with Crippen LogP contribution in [0.15, 0.2) is 0 Å². The number of thioether (sulfide) groups is 1. The van der Waals surface area contributed by atoms with Crippen LogP contribution >= 0.6 is 24.4 Å². The number of carboxylic acid groups (broad SMARTS) is 1. The van der Waals surface area contributed by atoms with E-state index in [1.165, 1.54) is 0 Å². The fraction of sp³-hybridized carbons (Fsp3) is 0.826. The number of amides is 3. The maximum atomic E-state index is 12.3. The lowest BCUT2D eigenvalue weighted by Gasteiger charge is -2.46. The number of carboxylic acids is 1. The molecule has 1 aliphatic rings. The second kappa shape index (κ2) is 19.4. The molecule has 15 nitrogen and oxygen atoms in total. The highest BCUT2D eigenvalue weighted by atomic mass is 32.2. The number of carbonyl (C=O) groups is 4. The fourth-order valence-electron chi connectivity index (χ4n) is 3.69. The summed E-state index contributed by atoms with van der Waals surface area (Å²) in [7, 11) is 0. The van der Waals surface area contributed by atoms with Crippen LogP contribution in [0.25, 0.3) is 0 Å². The van der Waals surface area contributed by atoms with E-state index >= 15 is 0 Å². The Bertz CT molecular complexity index is 811. The average Bonchev–Trinajstić information content (AvgIpc) is 2.91. The number of aliphatic hydroxyl groups excluding tert-OH is 4. The van der Waals surface area contributed by atoms with Crippen LogP contribution in [0, 0.1) is 0 Å². The quantitative estimate of drug-likeness (QED) is 0.0487. The minimum atomic E-state index is -2.19. The Morgan fingerprint density at radius 2 is 1.68 bits per heavy atom. The largest absolute Gasteiger partial charge is 0.478 e. The van der Waals surface area contributed by atoms with E-state index in [2.05, 4.69) is 28.6 Å². The van der Waals surface area contributed by atoms with Gasteiger partial charge in [0.15, 0.2) is 0 Å². The zero-order chi connectivity index (χ0) is 30.1. The van der Waals surface area contributed by atoms with Crippen molar-refractivity contribution in [2.24, 2.45) is 0 Å². The topological polar surface area (TPSA) is 233 Å². The van der Waals surface area contributed by atoms with Gasteiger partial charge in [0, 0.05) is 32.9 Å². The van der Waals surface area contributed by atoms with Crippen molar-refractivity contribution >= 4 is 48.1 Å². The first kappa shape index (κ1) is 36.3. The van der Waals surface area contributed by atoms with Gasteiger partial charge < -0.3 is 55.7 Å². The summed E-state index contributed by atoms with van der Waals surface area (Å²) in [5.41, 5.74) is 0. The molecule has 17 heteroatoms. The molecule has 1 rings (SSSR count). The molecule has 0 radical (unpaired) electrons. The van der Waals surface area contributed by atoms with Gasteiger partial charge in [-0.05, 0) is 12.2 Å². The third-order valence-electron chi connectivity index (χ3n) is 5.69. The molecule has 0 aromatic carbocycles. The van der Waals surface area contributed by atoms with E-state index in [0.717, 1.165) is 6.92 Å². The van der Waals surface area contributed by atoms with E-state index in [1.54, 1.807) is 0 Å². The summed E-state index contributed by atoms with van der Waals surface area (Å²) in [6.07, 6.45) is -6.13. The van der Waals surface area contributed by atoms with Crippen molar-refractivity contribution in [1.29, 1.82) is 0 Å². The van der Waals surface area contributed by atoms with Crippen LogP contribution in [-0.4, -0.2) is 142 Å². The predicted molar refractivity (Wildman–Crippen MR) is 146 cm³/mol. The van der Waals surface area contributed by atoms with Crippen LogP contribution in [-0.2, 0) is 33.4 Å². The number of hydrogen-bond donors (Lipinski definition) is 9. The molecule has 1 heterocycles. The number of nitrogens with one attached hydrogen (secondary N) is 3. The Morgan fingerprint density at radius 1 is 1.07 bits per heavy atom. The standard InChI is InChI=1S/C23H41N3O12S2/c1-14(28)26-19-15(29)11-23(22(34)35,38-21(19)20(33)16(30)12-27)40-13-18(32)25-5-7-37-9-8-36-6-4-24-17(31)3-2-10-39/h15-16,19-21,27,29-30,33,39H,2-13H2,1H3,(H,24,31)(H,25,32)(H,26,28)(H,34,35)/t15?,16-,19-,20-,21?,23+/m1/s1. The van der Waals surface area contributed by atoms with E-state index < -0.39 is 72.0 Å². The second-order valence-corrected chi connectivity index (χ2v) is 10.6. The lowest BCUT2D eigenvalue weighted by molar-refractivity contribution is -0.205. The third-order valence-corrected chi connectivity index (χ3v) is 7.32. The molecule has 3 amide bonds. The van der Waals surface area contributed by atoms with Gasteiger partial charge in [0.1, 0.15) is 18.3 Å². The lowest BCUT2D eigenvalue weighted by atomic mass is 9.90. The van der Waals surface area contributed by atoms with Gasteiger partial charge in [-0.25, -0.2) is 4.79 Å². The van der Waals surface area contributed by atoms with E-state index in [1.807, 2.05) is 0 Å². The van der Waals surface area contributed by atoms with Crippen molar-refractivity contribution in [2.75, 3.05) is 57.6 Å². The molecular weight excluding hydrogens is 574 g/mol. The van der Waals surface area contributed by atoms with Crippen molar-refractivity contribution in [3.63, 3.8) is 0 Å². The predicted octanol–water partition coefficient (Wildman–Crippen LogP) is -3.16. The molecule has 232 valence electrons. The molecule has 0 aromatic heterocycles. The van der Waals surface area contributed by atoms with E-state index in [0.29, 0.717) is 43.5 Å². The fourth-order valence-corrected chi connectivity index (χ4v) is 4.90. The number of aliphatic carboxylic acids is 1. The molecule has 1 saturated heterocycles. The molecule has 1 aliphatic heterocycles. The highest BCUT2D eigenvalue weighted by Crippen LogP contribution is 2.40. The zero-order valence-corrected chi connectivity index (χ0v) is 24.0. The molecule has 0 aromatic rings. The first-order valence-electron chi connectivity index (χ1n) is 12.7. The summed E-state index contributed by atoms with van der Waals surface area (Å²) >= 11 is 4.60. The summed E-state index contributed by atoms with van der Waals surface area (Å²) < 4.78 is 16.3. The van der Waals surface area contributed by atoms with Crippen LogP contribution in [0.1, 0.15) is 26.2 Å². The molecule has 8 N–H and O–H groups in total. The summed E-state index contributed by atoms with van der Waals surface area (Å²) in [5, 5.41) is 57.6. The lowest BCUT2D eigenvalue weighted by Crippen LogP contribution is -2.66. The zero-order valence-electron chi connectivity index (χ0n) is 22.3. The molecule has 0 bridgehead atoms. The number of carbonyl (C=O) groups excluding carboxylic acids is 3. The van der Waals surface area contributed by atoms with Gasteiger partial charge in [-0.1, -0.05) is 0 Å². The maximum absolute atomic E-state index is 12.3. The van der Waals surface area contributed by atoms with Gasteiger partial charge in [0.05, 0.1) is 50.9 Å². The summed E-state index contributed by atoms with van der Waals surface area (Å²) in [6, 6.07) is -1.28. The highest BCUT2D eigenvalue weighted by Gasteiger charge is 2.55. The van der Waals surface area contributed by atoms with Crippen LogP contribution in [0.4, 0.5) is 0 Å². The van der Waals surface area contributed by atoms with E-state index in [9.17, 15) is 44.7 Å². The third kappa shape index (κ3) is 12.9. The molecule has 6 atom stereocenters. The summed E-state index contributed by atoms with van der Waals surface area (Å²) in [5.74, 6) is -2.49. The van der Waals surface area contributed by atoms with Crippen LogP contribution < -0.4 is 16.0 Å². The first-order chi connectivity index (χ1) is 19.0. The number of ether oxygens (including phenoxy) is 3. The molecule has 0 spiro atoms. The maximum Gasteiger partial charge on any atom is 0.346 e. The van der Waals surface area contributed by atoms with Gasteiger partial charge in [0.2, 0.25) is 22.7 Å². The normalized spacial score (nSPS) is 24.1. The van der Waals surface area contributed by atoms with Gasteiger partial charge in [-0.2, -0.15) is 12.6 Å². The van der Waals surface area contributed by atoms with Crippen LogP contribution in [0.2, 0.25) is 0 Å². The molecule has 0 saturated carbocycles. The van der Waals surface area contributed by atoms with Crippen molar-refractivity contribution in [1.82, 2.24) is 16.0 Å². The average molecular weight is 616 g/mol. The molecule has 2 unspecified atom stereocenters. The van der Waals surface area contributed by atoms with Gasteiger partial charge in [-0.15, -0.1) is 11.8 Å². The Labute approximate surface area is 242 Å². The Kier molecular flexibility index (Phi) is 17.6. The van der Waals surface area contributed by atoms with Crippen molar-refractivity contribution in [2.45, 2.75) is 61.6 Å². The Balaban J connectivity index is 2.46. The number of rotatable bonds is 20. The first-order valence-corrected chi connectivity index (χ1v) is 14.4. The number of aliphatic hydroxyl groups is 4. The highest BCUT2D eigenvalue weighted by molar-refractivity contribution is 8.01. The van der Waals surface area contributed by atoms with Crippen LogP contribution in [0.3, 0.4) is 0 Å². The number of hydrogen-bond acceptors (Lipinski definition) is 13. The van der Waals surface area contributed by atoms with Crippen molar-refractivity contribution < 1.29 is 58.9 Å². The molecule has 0 aliphatic carbocycles. The summed E-state index contributed by atoms with van der Waals surface area (Å²) in [6.45, 7) is 1.79. The van der Waals surface area contributed by atoms with Gasteiger partial charge in [0.25, 0.3) is 0 Å². The van der Waals surface area contributed by atoms with Gasteiger partial charge in [-0.3, -0.25) is 14.4 Å². The minimum Gasteiger partial charge on any atom is -0.478 e. The Morgan fingerprint density at radius 3 is 2.20 bits per heavy atom. The molecule has 40 heavy (non-hydrogen) atoms. The summed E-state index contributed by atoms with van der Waals surface area (Å²) in [4.78, 5) is 45.3. The number of thiol groups is 1. The van der Waals surface area contributed by atoms with Crippen LogP contribution in [0.5, 0.6) is 0 Å². The second-order valence-electron chi connectivity index (χ2n) is 8.92. The molecule has 1 fully saturated rings. The van der Waals surface area contributed by atoms with E-state index in [-0.39, 0.29) is 32.3 Å². The van der Waals surface area contributed by atoms with E-state index in [4.69, 9.17) is 14.2 Å². The smallest absolute Gasteiger partial charge is 0.346 e. The SMILES string of the molecule is CC(=O)N[C@@H]1C(O)C[C@](SCC(=O)NCCOCCOCCNC(=O)CCCS)(C(=O)O)OC1[C@H](O)[C@H](O)CO. The van der Waals surface area contributed by atoms with Crippen molar-refractivity contribution in [3.8, 4) is 0 Å². The molecular formula is C23H41N3O12S2. The van der Waals surface area contributed by atoms with Gasteiger partial charge >= 0.3 is 5.97 Å². The van der Waals surface area contributed by atoms with Crippen molar-refractivity contribution in [3.05, 3.63) is 0 Å². The minimum absolute atomic E-state index is 0.0598. The monoisotopic (exact) mass is 615 g/mol.